The lowest BCUT2D eigenvalue weighted by molar-refractivity contribution is 0.577. The number of hydrogen-bond donors (Lipinski definition) is 2. The van der Waals surface area contributed by atoms with Crippen molar-refractivity contribution in [2.24, 2.45) is 12.8 Å². The molecule has 0 saturated carbocycles. The summed E-state index contributed by atoms with van der Waals surface area (Å²) < 4.78 is 28.4. The van der Waals surface area contributed by atoms with Gasteiger partial charge in [0.2, 0.25) is 0 Å². The van der Waals surface area contributed by atoms with E-state index in [0.717, 1.165) is 28.0 Å². The van der Waals surface area contributed by atoms with E-state index in [1.807, 2.05) is 25.4 Å². The van der Waals surface area contributed by atoms with Crippen molar-refractivity contribution in [1.29, 1.82) is 0 Å². The van der Waals surface area contributed by atoms with Gasteiger partial charge in [-0.1, -0.05) is 5.21 Å². The molecule has 0 amide bonds. The number of benzene rings is 1. The standard InChI is InChI=1S/C17H19F2N5S/c1-10-17(24(2)23-22-10)12-6-16(25-9-12)21-15(8-20)5-11-3-13(18)7-14(19)4-11/h3-4,6-7,9,15,21H,5,8,20H2,1-2H3/t15-/m0/s1. The van der Waals surface area contributed by atoms with E-state index in [2.05, 4.69) is 15.6 Å². The molecule has 25 heavy (non-hydrogen) atoms. The number of nitrogens with zero attached hydrogens (tertiary/aromatic N) is 3. The van der Waals surface area contributed by atoms with Crippen molar-refractivity contribution < 1.29 is 8.78 Å². The van der Waals surface area contributed by atoms with Crippen LogP contribution in [0.3, 0.4) is 0 Å². The molecule has 2 aromatic heterocycles. The maximum atomic E-state index is 13.3. The molecule has 0 aliphatic rings. The number of rotatable bonds is 6. The van der Waals surface area contributed by atoms with E-state index in [1.54, 1.807) is 16.0 Å². The summed E-state index contributed by atoms with van der Waals surface area (Å²) in [5.74, 6) is -1.16. The fourth-order valence-corrected chi connectivity index (χ4v) is 3.66. The minimum Gasteiger partial charge on any atom is -0.373 e. The van der Waals surface area contributed by atoms with Gasteiger partial charge in [0, 0.05) is 36.6 Å². The van der Waals surface area contributed by atoms with Gasteiger partial charge in [-0.3, -0.25) is 0 Å². The van der Waals surface area contributed by atoms with Crippen LogP contribution < -0.4 is 11.1 Å². The van der Waals surface area contributed by atoms with Gasteiger partial charge >= 0.3 is 0 Å². The highest BCUT2D eigenvalue weighted by atomic mass is 32.1. The first-order chi connectivity index (χ1) is 12.0. The van der Waals surface area contributed by atoms with Crippen molar-refractivity contribution in [3.05, 3.63) is 52.5 Å². The van der Waals surface area contributed by atoms with Crippen LogP contribution in [0.15, 0.2) is 29.6 Å². The van der Waals surface area contributed by atoms with Crippen LogP contribution in [0.25, 0.3) is 11.3 Å². The van der Waals surface area contributed by atoms with Crippen LogP contribution in [-0.4, -0.2) is 27.6 Å². The van der Waals surface area contributed by atoms with E-state index >= 15 is 0 Å². The maximum absolute atomic E-state index is 13.3. The Morgan fingerprint density at radius 2 is 1.96 bits per heavy atom. The number of nitrogens with two attached hydrogens (primary N) is 1. The predicted octanol–water partition coefficient (Wildman–Crippen LogP) is 3.11. The Balaban J connectivity index is 1.74. The minimum atomic E-state index is -0.580. The third kappa shape index (κ3) is 4.02. The molecule has 0 bridgehead atoms. The summed E-state index contributed by atoms with van der Waals surface area (Å²) in [5, 5.41) is 14.4. The number of hydrogen-bond acceptors (Lipinski definition) is 5. The highest BCUT2D eigenvalue weighted by molar-refractivity contribution is 7.14. The van der Waals surface area contributed by atoms with E-state index in [1.165, 1.54) is 12.1 Å². The van der Waals surface area contributed by atoms with Gasteiger partial charge in [0.25, 0.3) is 0 Å². The fourth-order valence-electron chi connectivity index (χ4n) is 2.80. The summed E-state index contributed by atoms with van der Waals surface area (Å²) in [4.78, 5) is 0. The van der Waals surface area contributed by atoms with Gasteiger partial charge in [0.1, 0.15) is 11.6 Å². The molecule has 0 spiro atoms. The molecule has 0 saturated heterocycles. The lowest BCUT2D eigenvalue weighted by Gasteiger charge is -2.17. The topological polar surface area (TPSA) is 68.8 Å². The maximum Gasteiger partial charge on any atom is 0.126 e. The number of thiophene rings is 1. The predicted molar refractivity (Wildman–Crippen MR) is 95.6 cm³/mol. The molecule has 0 fully saturated rings. The lowest BCUT2D eigenvalue weighted by atomic mass is 10.1. The van der Waals surface area contributed by atoms with Crippen LogP contribution in [0, 0.1) is 18.6 Å². The highest BCUT2D eigenvalue weighted by Crippen LogP contribution is 2.30. The molecule has 0 radical (unpaired) electrons. The van der Waals surface area contributed by atoms with Crippen molar-refractivity contribution in [3.8, 4) is 11.3 Å². The molecule has 1 atom stereocenters. The average Bonchev–Trinajstić information content (AvgIpc) is 3.12. The normalized spacial score (nSPS) is 12.4. The van der Waals surface area contributed by atoms with Gasteiger partial charge in [-0.05, 0) is 37.1 Å². The van der Waals surface area contributed by atoms with Crippen LogP contribution in [-0.2, 0) is 13.5 Å². The largest absolute Gasteiger partial charge is 0.373 e. The second kappa shape index (κ2) is 7.28. The molecule has 8 heteroatoms. The molecular weight excluding hydrogens is 344 g/mol. The van der Waals surface area contributed by atoms with Crippen LogP contribution in [0.1, 0.15) is 11.3 Å². The number of aryl methyl sites for hydroxylation is 2. The van der Waals surface area contributed by atoms with Gasteiger partial charge in [0.15, 0.2) is 0 Å². The van der Waals surface area contributed by atoms with Crippen molar-refractivity contribution in [1.82, 2.24) is 15.0 Å². The molecule has 0 aliphatic heterocycles. The van der Waals surface area contributed by atoms with E-state index < -0.39 is 11.6 Å². The monoisotopic (exact) mass is 363 g/mol. The van der Waals surface area contributed by atoms with E-state index in [0.29, 0.717) is 18.5 Å². The van der Waals surface area contributed by atoms with Crippen molar-refractivity contribution in [2.75, 3.05) is 11.9 Å². The Morgan fingerprint density at radius 1 is 1.24 bits per heavy atom. The Hall–Kier alpha value is -2.32. The first kappa shape index (κ1) is 17.5. The average molecular weight is 363 g/mol. The van der Waals surface area contributed by atoms with Crippen LogP contribution in [0.2, 0.25) is 0 Å². The summed E-state index contributed by atoms with van der Waals surface area (Å²) in [6.07, 6.45) is 0.435. The lowest BCUT2D eigenvalue weighted by Crippen LogP contribution is -2.30. The van der Waals surface area contributed by atoms with Crippen molar-refractivity contribution >= 4 is 16.3 Å². The molecule has 0 unspecified atom stereocenters. The molecule has 2 heterocycles. The minimum absolute atomic E-state index is 0.126. The molecular formula is C17H19F2N5S. The summed E-state index contributed by atoms with van der Waals surface area (Å²) in [6, 6.07) is 5.41. The Bertz CT molecular complexity index is 834. The number of halogens is 2. The van der Waals surface area contributed by atoms with E-state index in [4.69, 9.17) is 5.73 Å². The SMILES string of the molecule is Cc1nnn(C)c1-c1csc(N[C@H](CN)Cc2cc(F)cc(F)c2)c1. The number of aromatic nitrogens is 3. The summed E-state index contributed by atoms with van der Waals surface area (Å²) in [6.45, 7) is 2.26. The van der Waals surface area contributed by atoms with Crippen LogP contribution in [0.5, 0.6) is 0 Å². The molecule has 3 rings (SSSR count). The summed E-state index contributed by atoms with van der Waals surface area (Å²) >= 11 is 1.54. The first-order valence-electron chi connectivity index (χ1n) is 7.83. The highest BCUT2D eigenvalue weighted by Gasteiger charge is 2.14. The smallest absolute Gasteiger partial charge is 0.126 e. The molecule has 3 N–H and O–H groups in total. The zero-order valence-corrected chi connectivity index (χ0v) is 14.8. The molecule has 0 aliphatic carbocycles. The van der Waals surface area contributed by atoms with Crippen LogP contribution in [0.4, 0.5) is 13.8 Å². The summed E-state index contributed by atoms with van der Waals surface area (Å²) in [5.41, 5.74) is 9.23. The first-order valence-corrected chi connectivity index (χ1v) is 8.71. The number of nitrogens with one attached hydrogen (secondary N) is 1. The third-order valence-electron chi connectivity index (χ3n) is 3.90. The second-order valence-electron chi connectivity index (χ2n) is 5.91. The van der Waals surface area contributed by atoms with Gasteiger partial charge in [-0.25, -0.2) is 13.5 Å². The van der Waals surface area contributed by atoms with Crippen molar-refractivity contribution in [2.45, 2.75) is 19.4 Å². The van der Waals surface area contributed by atoms with E-state index in [9.17, 15) is 8.78 Å². The van der Waals surface area contributed by atoms with Gasteiger partial charge in [-0.2, -0.15) is 0 Å². The third-order valence-corrected chi connectivity index (χ3v) is 4.76. The Kier molecular flexibility index (Phi) is 5.10. The molecule has 132 valence electrons. The fraction of sp³-hybridized carbons (Fsp3) is 0.294. The zero-order chi connectivity index (χ0) is 18.0. The van der Waals surface area contributed by atoms with E-state index in [-0.39, 0.29) is 6.04 Å². The Labute approximate surface area is 148 Å². The zero-order valence-electron chi connectivity index (χ0n) is 14.0. The molecule has 1 aromatic carbocycles. The quantitative estimate of drug-likeness (QED) is 0.706. The van der Waals surface area contributed by atoms with Gasteiger partial charge in [0.05, 0.1) is 16.4 Å². The van der Waals surface area contributed by atoms with Crippen LogP contribution >= 0.6 is 11.3 Å². The molecule has 3 aromatic rings. The second-order valence-corrected chi connectivity index (χ2v) is 6.82. The van der Waals surface area contributed by atoms with Gasteiger partial charge in [-0.15, -0.1) is 16.4 Å². The van der Waals surface area contributed by atoms with Gasteiger partial charge < -0.3 is 11.1 Å². The molecule has 5 nitrogen and oxygen atoms in total. The number of anilines is 1. The Morgan fingerprint density at radius 3 is 2.56 bits per heavy atom. The summed E-state index contributed by atoms with van der Waals surface area (Å²) in [7, 11) is 1.85. The van der Waals surface area contributed by atoms with Crippen molar-refractivity contribution in [3.63, 3.8) is 0 Å².